The number of aliphatic carboxylic acids is 1. The third kappa shape index (κ3) is 22.1. The monoisotopic (exact) mass is 374 g/mol. The van der Waals surface area contributed by atoms with E-state index in [1.54, 1.807) is 0 Å². The summed E-state index contributed by atoms with van der Waals surface area (Å²) in [5, 5.41) is 18.4. The smallest absolute Gasteiger partial charge is 0.303 e. The van der Waals surface area contributed by atoms with E-state index in [4.69, 9.17) is 5.11 Å². The highest BCUT2D eigenvalue weighted by molar-refractivity contribution is 5.66. The minimum Gasteiger partial charge on any atom is -0.481 e. The van der Waals surface area contributed by atoms with Gasteiger partial charge >= 0.3 is 5.97 Å². The number of hydrogen-bond donors (Lipinski definition) is 2. The van der Waals surface area contributed by atoms with Crippen LogP contribution in [0.2, 0.25) is 0 Å². The van der Waals surface area contributed by atoms with Gasteiger partial charge in [-0.1, -0.05) is 80.5 Å². The van der Waals surface area contributed by atoms with Crippen molar-refractivity contribution in [3.8, 4) is 0 Å². The van der Waals surface area contributed by atoms with Crippen LogP contribution >= 0.6 is 0 Å². The molecule has 0 aliphatic rings. The molecule has 0 saturated carbocycles. The molecule has 0 saturated heterocycles. The number of aliphatic hydroxyl groups is 1. The first-order valence-corrected chi connectivity index (χ1v) is 10.3. The van der Waals surface area contributed by atoms with Crippen LogP contribution in [0.3, 0.4) is 0 Å². The average molecular weight is 375 g/mol. The second kappa shape index (κ2) is 20.4. The Bertz CT molecular complexity index is 484. The summed E-state index contributed by atoms with van der Waals surface area (Å²) in [6, 6.07) is 0. The maximum atomic E-state index is 10.4. The number of allylic oxidation sites excluding steroid dienone is 8. The molecule has 0 amide bonds. The summed E-state index contributed by atoms with van der Waals surface area (Å²) < 4.78 is 0. The quantitative estimate of drug-likeness (QED) is 0.173. The van der Waals surface area contributed by atoms with E-state index in [0.717, 1.165) is 38.5 Å². The van der Waals surface area contributed by atoms with Crippen LogP contribution in [0, 0.1) is 0 Å². The van der Waals surface area contributed by atoms with Crippen LogP contribution in [-0.2, 0) is 4.79 Å². The van der Waals surface area contributed by atoms with Crippen LogP contribution in [0.5, 0.6) is 0 Å². The predicted molar refractivity (Wildman–Crippen MR) is 116 cm³/mol. The molecule has 2 N–H and O–H groups in total. The van der Waals surface area contributed by atoms with Gasteiger partial charge in [-0.15, -0.1) is 0 Å². The SMILES string of the molecule is CCCCC/C=C\C=C\[C@H](O)C/C=C\C/C=C\C/C=C\CCCCC(=O)O. The van der Waals surface area contributed by atoms with Crippen LogP contribution in [0.4, 0.5) is 0 Å². The van der Waals surface area contributed by atoms with Crippen LogP contribution in [0.1, 0.15) is 77.6 Å². The van der Waals surface area contributed by atoms with Crippen LogP contribution in [0.15, 0.2) is 60.8 Å². The van der Waals surface area contributed by atoms with E-state index in [9.17, 15) is 9.90 Å². The molecule has 0 aromatic carbocycles. The lowest BCUT2D eigenvalue weighted by atomic mass is 10.1. The Morgan fingerprint density at radius 2 is 1.44 bits per heavy atom. The van der Waals surface area contributed by atoms with Gasteiger partial charge in [-0.2, -0.15) is 0 Å². The number of hydrogen-bond acceptors (Lipinski definition) is 2. The highest BCUT2D eigenvalue weighted by Crippen LogP contribution is 2.03. The topological polar surface area (TPSA) is 57.5 Å². The first-order valence-electron chi connectivity index (χ1n) is 10.3. The van der Waals surface area contributed by atoms with Gasteiger partial charge < -0.3 is 10.2 Å². The van der Waals surface area contributed by atoms with E-state index in [1.807, 2.05) is 24.3 Å². The molecular formula is C24H38O3. The Morgan fingerprint density at radius 1 is 0.815 bits per heavy atom. The second-order valence-electron chi connectivity index (χ2n) is 6.64. The molecule has 0 fully saturated rings. The van der Waals surface area contributed by atoms with E-state index >= 15 is 0 Å². The van der Waals surface area contributed by atoms with Crippen molar-refractivity contribution in [3.05, 3.63) is 60.8 Å². The minimum absolute atomic E-state index is 0.264. The molecule has 0 unspecified atom stereocenters. The van der Waals surface area contributed by atoms with E-state index in [-0.39, 0.29) is 6.42 Å². The van der Waals surface area contributed by atoms with Gasteiger partial charge in [-0.05, 0) is 51.4 Å². The largest absolute Gasteiger partial charge is 0.481 e. The highest BCUT2D eigenvalue weighted by Gasteiger charge is 1.94. The fourth-order valence-corrected chi connectivity index (χ4v) is 2.39. The molecule has 3 nitrogen and oxygen atoms in total. The van der Waals surface area contributed by atoms with Crippen molar-refractivity contribution >= 4 is 5.97 Å². The van der Waals surface area contributed by atoms with E-state index < -0.39 is 12.1 Å². The molecule has 0 spiro atoms. The van der Waals surface area contributed by atoms with Crippen molar-refractivity contribution in [2.45, 2.75) is 83.7 Å². The molecule has 152 valence electrons. The first kappa shape index (κ1) is 25.1. The van der Waals surface area contributed by atoms with Gasteiger partial charge in [-0.3, -0.25) is 4.79 Å². The van der Waals surface area contributed by atoms with Crippen LogP contribution in [-0.4, -0.2) is 22.3 Å². The highest BCUT2D eigenvalue weighted by atomic mass is 16.4. The van der Waals surface area contributed by atoms with Gasteiger partial charge in [0.2, 0.25) is 0 Å². The van der Waals surface area contributed by atoms with Crippen molar-refractivity contribution < 1.29 is 15.0 Å². The third-order valence-corrected chi connectivity index (χ3v) is 3.99. The molecule has 3 heteroatoms. The minimum atomic E-state index is -0.715. The Kier molecular flexibility index (Phi) is 19.0. The fourth-order valence-electron chi connectivity index (χ4n) is 2.39. The van der Waals surface area contributed by atoms with E-state index in [0.29, 0.717) is 6.42 Å². The zero-order valence-corrected chi connectivity index (χ0v) is 16.9. The standard InChI is InChI=1S/C24H38O3/c1-2-3-4-5-11-14-17-20-23(25)21-18-15-12-9-7-6-8-10-13-16-19-22-24(26)27/h7-11,14-15,17-18,20,23,25H,2-6,12-13,16,19,21-22H2,1H3,(H,26,27)/b9-7-,10-8-,14-11-,18-15-,20-17+/t23-/m0/s1. The lowest BCUT2D eigenvalue weighted by Gasteiger charge is -1.98. The number of unbranched alkanes of at least 4 members (excludes halogenated alkanes) is 5. The summed E-state index contributed by atoms with van der Waals surface area (Å²) >= 11 is 0. The van der Waals surface area contributed by atoms with Gasteiger partial charge in [-0.25, -0.2) is 0 Å². The summed E-state index contributed by atoms with van der Waals surface area (Å²) in [6.07, 6.45) is 30.3. The molecule has 0 aromatic heterocycles. The van der Waals surface area contributed by atoms with Crippen molar-refractivity contribution in [1.82, 2.24) is 0 Å². The van der Waals surface area contributed by atoms with Crippen molar-refractivity contribution in [1.29, 1.82) is 0 Å². The first-order chi connectivity index (χ1) is 13.2. The average Bonchev–Trinajstić information content (AvgIpc) is 2.64. The number of carboxylic acid groups (broad SMARTS) is 1. The van der Waals surface area contributed by atoms with E-state index in [2.05, 4.69) is 43.4 Å². The van der Waals surface area contributed by atoms with Gasteiger partial charge in [0.05, 0.1) is 6.10 Å². The van der Waals surface area contributed by atoms with Crippen molar-refractivity contribution in [3.63, 3.8) is 0 Å². The number of aliphatic hydroxyl groups excluding tert-OH is 1. The van der Waals surface area contributed by atoms with Gasteiger partial charge in [0.25, 0.3) is 0 Å². The molecule has 0 bridgehead atoms. The molecule has 0 aliphatic carbocycles. The zero-order valence-electron chi connectivity index (χ0n) is 16.9. The normalized spacial score (nSPS) is 13.9. The van der Waals surface area contributed by atoms with Crippen molar-refractivity contribution in [2.75, 3.05) is 0 Å². The fraction of sp³-hybridized carbons (Fsp3) is 0.542. The molecule has 0 aromatic rings. The molecule has 0 heterocycles. The van der Waals surface area contributed by atoms with Gasteiger partial charge in [0.1, 0.15) is 0 Å². The lowest BCUT2D eigenvalue weighted by Crippen LogP contribution is -1.98. The van der Waals surface area contributed by atoms with Gasteiger partial charge in [0.15, 0.2) is 0 Å². The third-order valence-electron chi connectivity index (χ3n) is 3.99. The molecule has 1 atom stereocenters. The van der Waals surface area contributed by atoms with Crippen LogP contribution < -0.4 is 0 Å². The number of carbonyl (C=O) groups is 1. The maximum absolute atomic E-state index is 10.4. The zero-order chi connectivity index (χ0) is 20.0. The molecular weight excluding hydrogens is 336 g/mol. The predicted octanol–water partition coefficient (Wildman–Crippen LogP) is 6.52. The van der Waals surface area contributed by atoms with Crippen molar-refractivity contribution in [2.24, 2.45) is 0 Å². The summed E-state index contributed by atoms with van der Waals surface area (Å²) in [7, 11) is 0. The molecule has 0 radical (unpaired) electrons. The van der Waals surface area contributed by atoms with E-state index in [1.165, 1.54) is 19.3 Å². The summed E-state index contributed by atoms with van der Waals surface area (Å²) in [5.74, 6) is -0.715. The number of carboxylic acids is 1. The Balaban J connectivity index is 3.61. The molecule has 0 rings (SSSR count). The Morgan fingerprint density at radius 3 is 2.15 bits per heavy atom. The lowest BCUT2D eigenvalue weighted by molar-refractivity contribution is -0.137. The second-order valence-corrected chi connectivity index (χ2v) is 6.64. The Labute approximate surface area is 165 Å². The van der Waals surface area contributed by atoms with Crippen LogP contribution in [0.25, 0.3) is 0 Å². The van der Waals surface area contributed by atoms with Gasteiger partial charge in [0, 0.05) is 6.42 Å². The molecule has 0 aliphatic heterocycles. The maximum Gasteiger partial charge on any atom is 0.303 e. The summed E-state index contributed by atoms with van der Waals surface area (Å²) in [6.45, 7) is 2.20. The summed E-state index contributed by atoms with van der Waals surface area (Å²) in [4.78, 5) is 10.4. The molecule has 27 heavy (non-hydrogen) atoms. The summed E-state index contributed by atoms with van der Waals surface area (Å²) in [5.41, 5.74) is 0. The number of rotatable bonds is 17. The Hall–Kier alpha value is -1.87.